The van der Waals surface area contributed by atoms with Crippen LogP contribution in [0.15, 0.2) is 48.5 Å². The molecule has 27 heavy (non-hydrogen) atoms. The maximum atomic E-state index is 12.8. The second-order valence-electron chi connectivity index (χ2n) is 6.26. The van der Waals surface area contributed by atoms with Crippen molar-refractivity contribution in [3.63, 3.8) is 0 Å². The first-order valence-electron chi connectivity index (χ1n) is 8.92. The van der Waals surface area contributed by atoms with Crippen LogP contribution >= 0.6 is 11.6 Å². The zero-order chi connectivity index (χ0) is 19.8. The van der Waals surface area contributed by atoms with Gasteiger partial charge >= 0.3 is 0 Å². The number of carbonyl (C=O) groups excluding carboxylic acids is 2. The van der Waals surface area contributed by atoms with Crippen LogP contribution in [0.1, 0.15) is 25.0 Å². The molecule has 2 aromatic rings. The molecule has 0 unspecified atom stereocenters. The fourth-order valence-electron chi connectivity index (χ4n) is 2.63. The second kappa shape index (κ2) is 9.97. The number of nitrogens with zero attached hydrogens (tertiary/aromatic N) is 1. The van der Waals surface area contributed by atoms with Crippen LogP contribution in [0.2, 0.25) is 5.02 Å². The summed E-state index contributed by atoms with van der Waals surface area (Å²) in [6.07, 6.45) is 0. The van der Waals surface area contributed by atoms with Gasteiger partial charge in [-0.3, -0.25) is 9.59 Å². The van der Waals surface area contributed by atoms with Crippen molar-refractivity contribution in [2.24, 2.45) is 0 Å². The Kier molecular flexibility index (Phi) is 7.67. The molecule has 0 aromatic heterocycles. The molecule has 0 radical (unpaired) electrons. The van der Waals surface area contributed by atoms with E-state index in [4.69, 9.17) is 16.3 Å². The number of nitrogens with one attached hydrogen (secondary N) is 1. The molecule has 5 nitrogen and oxygen atoms in total. The van der Waals surface area contributed by atoms with Crippen LogP contribution in [0, 0.1) is 6.92 Å². The van der Waals surface area contributed by atoms with Gasteiger partial charge in [0.05, 0.1) is 0 Å². The summed E-state index contributed by atoms with van der Waals surface area (Å²) in [5.74, 6) is 0.104. The monoisotopic (exact) mass is 388 g/mol. The summed E-state index contributed by atoms with van der Waals surface area (Å²) in [5.41, 5.74) is 2.06. The number of benzene rings is 2. The van der Waals surface area contributed by atoms with E-state index in [9.17, 15) is 9.59 Å². The minimum atomic E-state index is -0.606. The summed E-state index contributed by atoms with van der Waals surface area (Å²) in [6.45, 7) is 6.26. The Hall–Kier alpha value is -2.53. The third kappa shape index (κ3) is 6.00. The number of likely N-dealkylation sites (N-methyl/N-ethyl adjacent to an activating group) is 1. The molecule has 0 saturated carbocycles. The lowest BCUT2D eigenvalue weighted by Gasteiger charge is -2.29. The summed E-state index contributed by atoms with van der Waals surface area (Å²) in [5, 5.41) is 3.37. The molecule has 0 heterocycles. The number of hydrogen-bond acceptors (Lipinski definition) is 3. The molecule has 6 heteroatoms. The normalized spacial score (nSPS) is 11.6. The Morgan fingerprint density at radius 3 is 2.44 bits per heavy atom. The number of carbonyl (C=O) groups is 2. The predicted octanol–water partition coefficient (Wildman–Crippen LogP) is 3.58. The van der Waals surface area contributed by atoms with Crippen molar-refractivity contribution in [2.75, 3.05) is 13.2 Å². The van der Waals surface area contributed by atoms with Gasteiger partial charge in [-0.05, 0) is 56.2 Å². The van der Waals surface area contributed by atoms with Gasteiger partial charge in [0.1, 0.15) is 11.8 Å². The van der Waals surface area contributed by atoms with Gasteiger partial charge in [-0.1, -0.05) is 35.9 Å². The molecule has 2 amide bonds. The second-order valence-corrected chi connectivity index (χ2v) is 6.70. The molecular weight excluding hydrogens is 364 g/mol. The first-order valence-corrected chi connectivity index (χ1v) is 9.30. The van der Waals surface area contributed by atoms with Crippen molar-refractivity contribution in [1.82, 2.24) is 10.2 Å². The molecule has 2 rings (SSSR count). The largest absolute Gasteiger partial charge is 0.484 e. The molecule has 0 aliphatic rings. The van der Waals surface area contributed by atoms with Crippen LogP contribution in [0.4, 0.5) is 0 Å². The average Bonchev–Trinajstić information content (AvgIpc) is 2.66. The number of rotatable bonds is 8. The van der Waals surface area contributed by atoms with E-state index < -0.39 is 6.04 Å². The van der Waals surface area contributed by atoms with E-state index in [1.165, 1.54) is 0 Å². The smallest absolute Gasteiger partial charge is 0.261 e. The van der Waals surface area contributed by atoms with Gasteiger partial charge in [0.15, 0.2) is 6.61 Å². The first-order chi connectivity index (χ1) is 12.9. The lowest BCUT2D eigenvalue weighted by molar-refractivity contribution is -0.142. The van der Waals surface area contributed by atoms with Crippen molar-refractivity contribution >= 4 is 23.4 Å². The van der Waals surface area contributed by atoms with Gasteiger partial charge in [0.25, 0.3) is 5.91 Å². The molecule has 1 atom stereocenters. The van der Waals surface area contributed by atoms with Crippen LogP contribution in [0.25, 0.3) is 0 Å². The Morgan fingerprint density at radius 2 is 1.81 bits per heavy atom. The molecule has 0 spiro atoms. The highest BCUT2D eigenvalue weighted by Gasteiger charge is 2.26. The van der Waals surface area contributed by atoms with Crippen molar-refractivity contribution in [3.8, 4) is 5.75 Å². The van der Waals surface area contributed by atoms with Gasteiger partial charge in [0, 0.05) is 18.1 Å². The molecule has 0 bridgehead atoms. The summed E-state index contributed by atoms with van der Waals surface area (Å²) in [7, 11) is 0. The van der Waals surface area contributed by atoms with Crippen molar-refractivity contribution in [2.45, 2.75) is 33.4 Å². The predicted molar refractivity (Wildman–Crippen MR) is 107 cm³/mol. The molecule has 1 N–H and O–H groups in total. The van der Waals surface area contributed by atoms with Crippen molar-refractivity contribution in [3.05, 3.63) is 64.7 Å². The highest BCUT2D eigenvalue weighted by Crippen LogP contribution is 2.17. The SMILES string of the molecule is CCNC(=O)[C@@H](C)N(Cc1ccccc1C)C(=O)COc1ccc(Cl)cc1. The van der Waals surface area contributed by atoms with Gasteiger partial charge < -0.3 is 15.0 Å². The van der Waals surface area contributed by atoms with Crippen LogP contribution < -0.4 is 10.1 Å². The highest BCUT2D eigenvalue weighted by atomic mass is 35.5. The molecule has 0 aliphatic heterocycles. The lowest BCUT2D eigenvalue weighted by atomic mass is 10.1. The zero-order valence-electron chi connectivity index (χ0n) is 15.9. The number of amides is 2. The number of ether oxygens (including phenoxy) is 1. The van der Waals surface area contributed by atoms with Crippen LogP contribution in [0.5, 0.6) is 5.75 Å². The topological polar surface area (TPSA) is 58.6 Å². The van der Waals surface area contributed by atoms with Gasteiger partial charge in [-0.25, -0.2) is 0 Å². The lowest BCUT2D eigenvalue weighted by Crippen LogP contribution is -2.49. The Labute approximate surface area is 165 Å². The van der Waals surface area contributed by atoms with E-state index >= 15 is 0 Å². The zero-order valence-corrected chi connectivity index (χ0v) is 16.6. The van der Waals surface area contributed by atoms with E-state index in [0.29, 0.717) is 23.9 Å². The fourth-order valence-corrected chi connectivity index (χ4v) is 2.76. The Bertz CT molecular complexity index is 777. The minimum Gasteiger partial charge on any atom is -0.484 e. The van der Waals surface area contributed by atoms with Crippen molar-refractivity contribution in [1.29, 1.82) is 0 Å². The minimum absolute atomic E-state index is 0.155. The van der Waals surface area contributed by atoms with Crippen LogP contribution in [-0.4, -0.2) is 35.9 Å². The maximum Gasteiger partial charge on any atom is 0.261 e. The molecule has 2 aromatic carbocycles. The number of halogens is 1. The molecule has 0 aliphatic carbocycles. The highest BCUT2D eigenvalue weighted by molar-refractivity contribution is 6.30. The third-order valence-electron chi connectivity index (χ3n) is 4.30. The summed E-state index contributed by atoms with van der Waals surface area (Å²) < 4.78 is 5.58. The van der Waals surface area contributed by atoms with E-state index in [0.717, 1.165) is 11.1 Å². The van der Waals surface area contributed by atoms with E-state index in [1.54, 1.807) is 36.1 Å². The molecular formula is C21H25ClN2O3. The van der Waals surface area contributed by atoms with E-state index in [-0.39, 0.29) is 18.4 Å². The molecule has 0 saturated heterocycles. The Balaban J connectivity index is 2.14. The summed E-state index contributed by atoms with van der Waals surface area (Å²) >= 11 is 5.86. The first kappa shape index (κ1) is 20.8. The van der Waals surface area contributed by atoms with E-state index in [1.807, 2.05) is 38.1 Å². The van der Waals surface area contributed by atoms with Crippen LogP contribution in [-0.2, 0) is 16.1 Å². The van der Waals surface area contributed by atoms with Crippen molar-refractivity contribution < 1.29 is 14.3 Å². The van der Waals surface area contributed by atoms with Crippen LogP contribution in [0.3, 0.4) is 0 Å². The maximum absolute atomic E-state index is 12.8. The van der Waals surface area contributed by atoms with Gasteiger partial charge in [-0.15, -0.1) is 0 Å². The number of aryl methyl sites for hydroxylation is 1. The average molecular weight is 389 g/mol. The summed E-state index contributed by atoms with van der Waals surface area (Å²) in [4.78, 5) is 26.7. The number of hydrogen-bond donors (Lipinski definition) is 1. The fraction of sp³-hybridized carbons (Fsp3) is 0.333. The third-order valence-corrected chi connectivity index (χ3v) is 4.55. The van der Waals surface area contributed by atoms with E-state index in [2.05, 4.69) is 5.32 Å². The van der Waals surface area contributed by atoms with Gasteiger partial charge in [-0.2, -0.15) is 0 Å². The standard InChI is InChI=1S/C21H25ClN2O3/c1-4-23-21(26)16(3)24(13-17-8-6-5-7-15(17)2)20(25)14-27-19-11-9-18(22)10-12-19/h5-12,16H,4,13-14H2,1-3H3,(H,23,26)/t16-/m1/s1. The Morgan fingerprint density at radius 1 is 1.15 bits per heavy atom. The molecule has 144 valence electrons. The molecule has 0 fully saturated rings. The quantitative estimate of drug-likeness (QED) is 0.751. The van der Waals surface area contributed by atoms with Gasteiger partial charge in [0.2, 0.25) is 5.91 Å². The summed E-state index contributed by atoms with van der Waals surface area (Å²) in [6, 6.07) is 14.0.